The molecule has 118 valence electrons. The summed E-state index contributed by atoms with van der Waals surface area (Å²) in [6, 6.07) is 0. The maximum absolute atomic E-state index is 13.2. The smallest absolute Gasteiger partial charge is 0.138 e. The molecule has 0 aromatic heterocycles. The quantitative estimate of drug-likeness (QED) is 0.615. The molecule has 4 aliphatic rings. The van der Waals surface area contributed by atoms with E-state index in [1.807, 2.05) is 0 Å². The van der Waals surface area contributed by atoms with Crippen LogP contribution in [0.1, 0.15) is 52.9 Å². The number of carbonyl (C=O) groups is 1. The van der Waals surface area contributed by atoms with E-state index in [-0.39, 0.29) is 16.7 Å². The topological polar surface area (TPSA) is 17.1 Å². The van der Waals surface area contributed by atoms with E-state index in [9.17, 15) is 4.79 Å². The molecular weight excluding hydrogens is 268 g/mol. The summed E-state index contributed by atoms with van der Waals surface area (Å²) in [6.07, 6.45) is 17.3. The van der Waals surface area contributed by atoms with Gasteiger partial charge in [0.1, 0.15) is 5.78 Å². The molecule has 2 fully saturated rings. The van der Waals surface area contributed by atoms with Gasteiger partial charge in [0, 0.05) is 17.8 Å². The van der Waals surface area contributed by atoms with Crippen molar-refractivity contribution in [2.24, 2.45) is 34.5 Å². The van der Waals surface area contributed by atoms with Crippen molar-refractivity contribution in [1.82, 2.24) is 0 Å². The molecule has 2 saturated carbocycles. The molecule has 4 aliphatic carbocycles. The van der Waals surface area contributed by atoms with E-state index in [0.29, 0.717) is 17.6 Å². The SMILES string of the molecule is CC[C@H]1CC[C@H]2[C@@H]3C=CC4=CCC=C[C@]4(C)[C@H]3C(=O)C[C@]12C. The molecule has 0 spiro atoms. The number of Topliss-reactive ketones (excluding diaryl/α,β-unsaturated/α-hetero) is 1. The van der Waals surface area contributed by atoms with Gasteiger partial charge in [-0.1, -0.05) is 57.6 Å². The molecule has 0 aromatic rings. The Hall–Kier alpha value is -1.11. The number of rotatable bonds is 1. The third-order valence-corrected chi connectivity index (χ3v) is 7.55. The van der Waals surface area contributed by atoms with E-state index in [2.05, 4.69) is 51.2 Å². The third-order valence-electron chi connectivity index (χ3n) is 7.55. The van der Waals surface area contributed by atoms with Crippen LogP contribution in [0.25, 0.3) is 0 Å². The van der Waals surface area contributed by atoms with Gasteiger partial charge in [0.05, 0.1) is 0 Å². The van der Waals surface area contributed by atoms with E-state index in [1.54, 1.807) is 0 Å². The number of carbonyl (C=O) groups excluding carboxylic acids is 1. The predicted molar refractivity (Wildman–Crippen MR) is 90.3 cm³/mol. The van der Waals surface area contributed by atoms with Crippen molar-refractivity contribution in [3.63, 3.8) is 0 Å². The molecule has 0 bridgehead atoms. The lowest BCUT2D eigenvalue weighted by Gasteiger charge is -2.54. The molecule has 0 heterocycles. The van der Waals surface area contributed by atoms with Crippen molar-refractivity contribution < 1.29 is 4.79 Å². The Bertz CT molecular complexity index is 595. The summed E-state index contributed by atoms with van der Waals surface area (Å²) in [6.45, 7) is 7.01. The fraction of sp³-hybridized carbons (Fsp3) is 0.667. The lowest BCUT2D eigenvalue weighted by Crippen LogP contribution is -2.52. The molecule has 4 rings (SSSR count). The highest BCUT2D eigenvalue weighted by Gasteiger charge is 2.59. The van der Waals surface area contributed by atoms with Gasteiger partial charge in [-0.2, -0.15) is 0 Å². The van der Waals surface area contributed by atoms with Gasteiger partial charge in [0.25, 0.3) is 0 Å². The summed E-state index contributed by atoms with van der Waals surface area (Å²) >= 11 is 0. The molecule has 0 aliphatic heterocycles. The second-order valence-electron chi connectivity index (χ2n) is 8.43. The first-order valence-corrected chi connectivity index (χ1v) is 9.10. The predicted octanol–water partition coefficient (Wildman–Crippen LogP) is 5.10. The third kappa shape index (κ3) is 1.69. The van der Waals surface area contributed by atoms with E-state index in [0.717, 1.165) is 18.8 Å². The maximum atomic E-state index is 13.2. The van der Waals surface area contributed by atoms with Gasteiger partial charge < -0.3 is 0 Å². The zero-order chi connectivity index (χ0) is 15.5. The van der Waals surface area contributed by atoms with Gasteiger partial charge >= 0.3 is 0 Å². The molecule has 22 heavy (non-hydrogen) atoms. The summed E-state index contributed by atoms with van der Waals surface area (Å²) < 4.78 is 0. The number of allylic oxidation sites excluding steroid dienone is 6. The Balaban J connectivity index is 1.80. The van der Waals surface area contributed by atoms with Crippen molar-refractivity contribution in [2.75, 3.05) is 0 Å². The van der Waals surface area contributed by atoms with E-state index >= 15 is 0 Å². The lowest BCUT2D eigenvalue weighted by molar-refractivity contribution is -0.138. The molecule has 0 unspecified atom stereocenters. The highest BCUT2D eigenvalue weighted by atomic mass is 16.1. The molecule has 1 heteroatoms. The Kier molecular flexibility index (Phi) is 3.09. The second kappa shape index (κ2) is 4.69. The maximum Gasteiger partial charge on any atom is 0.138 e. The summed E-state index contributed by atoms with van der Waals surface area (Å²) in [4.78, 5) is 13.2. The number of ketones is 1. The second-order valence-corrected chi connectivity index (χ2v) is 8.43. The van der Waals surface area contributed by atoms with Crippen molar-refractivity contribution >= 4 is 5.78 Å². The van der Waals surface area contributed by atoms with Crippen LogP contribution in [0.15, 0.2) is 36.0 Å². The van der Waals surface area contributed by atoms with Crippen LogP contribution >= 0.6 is 0 Å². The van der Waals surface area contributed by atoms with Crippen LogP contribution in [-0.2, 0) is 4.79 Å². The largest absolute Gasteiger partial charge is 0.299 e. The van der Waals surface area contributed by atoms with Gasteiger partial charge in [0.2, 0.25) is 0 Å². The number of fused-ring (bicyclic) bond motifs is 5. The van der Waals surface area contributed by atoms with Crippen LogP contribution < -0.4 is 0 Å². The molecule has 0 amide bonds. The summed E-state index contributed by atoms with van der Waals surface area (Å²) in [5.41, 5.74) is 1.56. The van der Waals surface area contributed by atoms with Crippen molar-refractivity contribution in [3.8, 4) is 0 Å². The van der Waals surface area contributed by atoms with Gasteiger partial charge in [-0.3, -0.25) is 4.79 Å². The average molecular weight is 296 g/mol. The van der Waals surface area contributed by atoms with Gasteiger partial charge in [0.15, 0.2) is 0 Å². The molecule has 0 N–H and O–H groups in total. The summed E-state index contributed by atoms with van der Waals surface area (Å²) in [5.74, 6) is 2.59. The van der Waals surface area contributed by atoms with Crippen molar-refractivity contribution in [1.29, 1.82) is 0 Å². The molecule has 0 aromatic carbocycles. The van der Waals surface area contributed by atoms with E-state index < -0.39 is 0 Å². The lowest BCUT2D eigenvalue weighted by atomic mass is 9.49. The molecule has 6 atom stereocenters. The first-order chi connectivity index (χ1) is 10.5. The molecular formula is C21H28O. The van der Waals surface area contributed by atoms with E-state index in [4.69, 9.17) is 0 Å². The van der Waals surface area contributed by atoms with E-state index in [1.165, 1.54) is 24.8 Å². The minimum atomic E-state index is -0.0552. The summed E-state index contributed by atoms with van der Waals surface area (Å²) in [7, 11) is 0. The molecule has 0 radical (unpaired) electrons. The first kappa shape index (κ1) is 14.5. The average Bonchev–Trinajstić information content (AvgIpc) is 2.82. The first-order valence-electron chi connectivity index (χ1n) is 9.10. The van der Waals surface area contributed by atoms with Gasteiger partial charge in [-0.15, -0.1) is 0 Å². The van der Waals surface area contributed by atoms with Crippen LogP contribution in [0.5, 0.6) is 0 Å². The van der Waals surface area contributed by atoms with Crippen molar-refractivity contribution in [2.45, 2.75) is 52.9 Å². The monoisotopic (exact) mass is 296 g/mol. The van der Waals surface area contributed by atoms with Crippen LogP contribution in [0.2, 0.25) is 0 Å². The molecule has 1 nitrogen and oxygen atoms in total. The Morgan fingerprint density at radius 3 is 2.86 bits per heavy atom. The standard InChI is InChI=1S/C21H28O/c1-4-14-9-11-17-16-10-8-15-7-5-6-12-20(15,2)19(16)18(22)13-21(14,17)3/h6-8,10,12,14,16-17,19H,4-5,9,11,13H2,1-3H3/t14-,16-,17-,19+,20-,21+/m0/s1. The highest BCUT2D eigenvalue weighted by molar-refractivity contribution is 5.86. The minimum Gasteiger partial charge on any atom is -0.299 e. The van der Waals surface area contributed by atoms with Gasteiger partial charge in [-0.05, 0) is 48.0 Å². The van der Waals surface area contributed by atoms with Crippen molar-refractivity contribution in [3.05, 3.63) is 36.0 Å². The fourth-order valence-corrected chi connectivity index (χ4v) is 6.40. The molecule has 0 saturated heterocycles. The number of hydrogen-bond donors (Lipinski definition) is 0. The van der Waals surface area contributed by atoms with Crippen LogP contribution in [0.3, 0.4) is 0 Å². The van der Waals surface area contributed by atoms with Crippen LogP contribution in [0.4, 0.5) is 0 Å². The highest BCUT2D eigenvalue weighted by Crippen LogP contribution is 2.63. The fourth-order valence-electron chi connectivity index (χ4n) is 6.40. The Morgan fingerprint density at radius 1 is 1.27 bits per heavy atom. The Labute approximate surface area is 134 Å². The minimum absolute atomic E-state index is 0.0552. The Morgan fingerprint density at radius 2 is 2.09 bits per heavy atom. The van der Waals surface area contributed by atoms with Gasteiger partial charge in [-0.25, -0.2) is 0 Å². The zero-order valence-electron chi connectivity index (χ0n) is 14.1. The normalized spacial score (nSPS) is 49.4. The number of hydrogen-bond acceptors (Lipinski definition) is 1. The van der Waals surface area contributed by atoms with Crippen LogP contribution in [0, 0.1) is 34.5 Å². The van der Waals surface area contributed by atoms with Crippen LogP contribution in [-0.4, -0.2) is 5.78 Å². The zero-order valence-corrected chi connectivity index (χ0v) is 14.1. The summed E-state index contributed by atoms with van der Waals surface area (Å²) in [5, 5.41) is 0.